The molecule has 2 amide bonds. The normalized spacial score (nSPS) is 11.3. The third kappa shape index (κ3) is 15.8. The van der Waals surface area contributed by atoms with Crippen LogP contribution in [-0.4, -0.2) is 58.7 Å². The molecule has 0 unspecified atom stereocenters. The van der Waals surface area contributed by atoms with Gasteiger partial charge in [0.15, 0.2) is 0 Å². The number of carbonyl (C=O) groups excluding carboxylic acids is 1. The van der Waals surface area contributed by atoms with E-state index in [0.29, 0.717) is 39.1 Å². The highest BCUT2D eigenvalue weighted by molar-refractivity contribution is 6.39. The molecule has 0 spiro atoms. The number of hydrogen-bond acceptors (Lipinski definition) is 7. The molecule has 0 aliphatic carbocycles. The van der Waals surface area contributed by atoms with E-state index in [-0.39, 0.29) is 12.4 Å². The standard InChI is InChI=1S/C32H41Cl2N3O5.C2H4O2/c33-27-12-8-13-28(34)31(27)37-32(41)36-26-11-7-10-23(19-26)9-3-6-18-42-17-5-2-1-4-16-35-21-30(40)24-14-15-29(39)25(20-24)22-38;1-2(3)4/h7-8,10-15,19-20,30,35,38-40H,1-6,9,16-18,21-22H2,(H2,36,37,41);1H3,(H,3,4)/t30-;/m0./s1. The number of carboxylic acid groups (broad SMARTS) is 1. The van der Waals surface area contributed by atoms with Crippen LogP contribution < -0.4 is 16.0 Å². The van der Waals surface area contributed by atoms with Crippen molar-refractivity contribution in [1.82, 2.24) is 5.32 Å². The van der Waals surface area contributed by atoms with Crippen molar-refractivity contribution in [2.75, 3.05) is 36.9 Å². The lowest BCUT2D eigenvalue weighted by Crippen LogP contribution is -2.22. The SMILES string of the molecule is CC(=O)O.O=C(Nc1cccc(CCCCOCCCCCCNC[C@H](O)c2ccc(O)c(CO)c2)c1)Nc1c(Cl)cccc1Cl. The summed E-state index contributed by atoms with van der Waals surface area (Å²) in [6, 6.07) is 17.2. The predicted octanol–water partition coefficient (Wildman–Crippen LogP) is 7.15. The van der Waals surface area contributed by atoms with E-state index in [2.05, 4.69) is 16.0 Å². The maximum absolute atomic E-state index is 12.4. The molecule has 0 aliphatic rings. The van der Waals surface area contributed by atoms with Gasteiger partial charge in [0.1, 0.15) is 5.75 Å². The number of unbranched alkanes of at least 4 members (excludes halogenated alkanes) is 4. The molecule has 46 heavy (non-hydrogen) atoms. The predicted molar refractivity (Wildman–Crippen MR) is 183 cm³/mol. The highest BCUT2D eigenvalue weighted by atomic mass is 35.5. The smallest absolute Gasteiger partial charge is 0.323 e. The molecule has 0 bridgehead atoms. The van der Waals surface area contributed by atoms with E-state index in [0.717, 1.165) is 77.2 Å². The summed E-state index contributed by atoms with van der Waals surface area (Å²) in [5.74, 6) is -0.800. The molecule has 0 aromatic heterocycles. The summed E-state index contributed by atoms with van der Waals surface area (Å²) < 4.78 is 5.79. The number of amides is 2. The van der Waals surface area contributed by atoms with Gasteiger partial charge in [0.2, 0.25) is 0 Å². The minimum absolute atomic E-state index is 0.0336. The minimum Gasteiger partial charge on any atom is -0.508 e. The van der Waals surface area contributed by atoms with Gasteiger partial charge in [-0.15, -0.1) is 0 Å². The van der Waals surface area contributed by atoms with Crippen molar-refractivity contribution >= 4 is 46.6 Å². The van der Waals surface area contributed by atoms with Crippen LogP contribution >= 0.6 is 23.2 Å². The molecule has 7 N–H and O–H groups in total. The molecule has 0 fully saturated rings. The molecular weight excluding hydrogens is 633 g/mol. The zero-order valence-electron chi connectivity index (χ0n) is 26.1. The zero-order chi connectivity index (χ0) is 33.7. The summed E-state index contributed by atoms with van der Waals surface area (Å²) >= 11 is 12.2. The van der Waals surface area contributed by atoms with E-state index >= 15 is 0 Å². The average molecular weight is 679 g/mol. The van der Waals surface area contributed by atoms with Gasteiger partial charge >= 0.3 is 6.03 Å². The molecular formula is C34H45Cl2N3O7. The number of phenols is 1. The Morgan fingerprint density at radius 1 is 0.870 bits per heavy atom. The van der Waals surface area contributed by atoms with Crippen LogP contribution in [0, 0.1) is 0 Å². The molecule has 0 aliphatic heterocycles. The number of halogens is 2. The highest BCUT2D eigenvalue weighted by Gasteiger charge is 2.11. The zero-order valence-corrected chi connectivity index (χ0v) is 27.6. The number of aromatic hydroxyl groups is 1. The number of aryl methyl sites for hydroxylation is 1. The Kier molecular flexibility index (Phi) is 18.7. The number of para-hydroxylation sites is 1. The molecule has 0 heterocycles. The first-order valence-electron chi connectivity index (χ1n) is 15.3. The number of carbonyl (C=O) groups is 2. The summed E-state index contributed by atoms with van der Waals surface area (Å²) in [6.45, 7) is 3.55. The van der Waals surface area contributed by atoms with Crippen LogP contribution in [0.5, 0.6) is 5.75 Å². The van der Waals surface area contributed by atoms with Crippen LogP contribution in [0.3, 0.4) is 0 Å². The lowest BCUT2D eigenvalue weighted by molar-refractivity contribution is -0.134. The van der Waals surface area contributed by atoms with E-state index in [1.54, 1.807) is 30.3 Å². The molecule has 3 aromatic rings. The first-order chi connectivity index (χ1) is 22.1. The monoisotopic (exact) mass is 677 g/mol. The van der Waals surface area contributed by atoms with Gasteiger partial charge in [0, 0.05) is 37.9 Å². The summed E-state index contributed by atoms with van der Waals surface area (Å²) in [6.07, 6.45) is 6.41. The molecule has 3 aromatic carbocycles. The Morgan fingerprint density at radius 2 is 1.52 bits per heavy atom. The number of hydrogen-bond donors (Lipinski definition) is 7. The number of rotatable bonds is 18. The fourth-order valence-electron chi connectivity index (χ4n) is 4.44. The highest BCUT2D eigenvalue weighted by Crippen LogP contribution is 2.30. The van der Waals surface area contributed by atoms with Crippen molar-refractivity contribution < 1.29 is 34.8 Å². The van der Waals surface area contributed by atoms with Crippen molar-refractivity contribution in [1.29, 1.82) is 0 Å². The van der Waals surface area contributed by atoms with Crippen LogP contribution in [0.25, 0.3) is 0 Å². The summed E-state index contributed by atoms with van der Waals surface area (Å²) in [5.41, 5.74) is 3.31. The molecule has 3 rings (SSSR count). The topological polar surface area (TPSA) is 160 Å². The van der Waals surface area contributed by atoms with E-state index in [1.165, 1.54) is 6.07 Å². The van der Waals surface area contributed by atoms with Crippen molar-refractivity contribution in [3.05, 3.63) is 87.4 Å². The number of carboxylic acids is 1. The van der Waals surface area contributed by atoms with Crippen LogP contribution in [-0.2, 0) is 22.6 Å². The Hall–Kier alpha value is -3.38. The first kappa shape index (κ1) is 38.8. The second kappa shape index (κ2) is 22.2. The molecule has 12 heteroatoms. The van der Waals surface area contributed by atoms with E-state index < -0.39 is 18.1 Å². The molecule has 0 saturated carbocycles. The van der Waals surface area contributed by atoms with Gasteiger partial charge < -0.3 is 41.1 Å². The Labute approximate surface area is 280 Å². The number of urea groups is 1. The van der Waals surface area contributed by atoms with Crippen LogP contribution in [0.4, 0.5) is 16.2 Å². The molecule has 1 atom stereocenters. The van der Waals surface area contributed by atoms with Crippen molar-refractivity contribution in [2.24, 2.45) is 0 Å². The Morgan fingerprint density at radius 3 is 2.22 bits per heavy atom. The molecule has 0 saturated heterocycles. The van der Waals surface area contributed by atoms with Crippen LogP contribution in [0.15, 0.2) is 60.7 Å². The number of nitrogens with one attached hydrogen (secondary N) is 3. The largest absolute Gasteiger partial charge is 0.508 e. The third-order valence-electron chi connectivity index (χ3n) is 6.78. The second-order valence-electron chi connectivity index (χ2n) is 10.6. The second-order valence-corrected chi connectivity index (χ2v) is 11.5. The fourth-order valence-corrected chi connectivity index (χ4v) is 4.93. The van der Waals surface area contributed by atoms with Gasteiger partial charge in [0.05, 0.1) is 28.4 Å². The number of ether oxygens (including phenoxy) is 1. The van der Waals surface area contributed by atoms with E-state index in [9.17, 15) is 20.1 Å². The number of aliphatic hydroxyl groups excluding tert-OH is 2. The van der Waals surface area contributed by atoms with Gasteiger partial charge in [-0.2, -0.15) is 0 Å². The third-order valence-corrected chi connectivity index (χ3v) is 7.41. The lowest BCUT2D eigenvalue weighted by atomic mass is 10.1. The van der Waals surface area contributed by atoms with Crippen molar-refractivity contribution in [3.63, 3.8) is 0 Å². The summed E-state index contributed by atoms with van der Waals surface area (Å²) in [7, 11) is 0. The minimum atomic E-state index is -0.833. The van der Waals surface area contributed by atoms with Gasteiger partial charge in [-0.25, -0.2) is 4.79 Å². The first-order valence-corrected chi connectivity index (χ1v) is 16.1. The van der Waals surface area contributed by atoms with Gasteiger partial charge in [0.25, 0.3) is 5.97 Å². The van der Waals surface area contributed by atoms with Gasteiger partial charge in [-0.3, -0.25) is 4.79 Å². The Balaban J connectivity index is 0.00000173. The molecule has 252 valence electrons. The Bertz CT molecular complexity index is 1340. The number of benzene rings is 3. The fraction of sp³-hybridized carbons (Fsp3) is 0.412. The maximum Gasteiger partial charge on any atom is 0.323 e. The maximum atomic E-state index is 12.4. The van der Waals surface area contributed by atoms with Gasteiger partial charge in [-0.05, 0) is 86.2 Å². The van der Waals surface area contributed by atoms with Crippen molar-refractivity contribution in [2.45, 2.75) is 64.6 Å². The van der Waals surface area contributed by atoms with Crippen LogP contribution in [0.2, 0.25) is 10.0 Å². The number of anilines is 2. The summed E-state index contributed by atoms with van der Waals surface area (Å²) in [5, 5.41) is 46.1. The lowest BCUT2D eigenvalue weighted by Gasteiger charge is -2.14. The van der Waals surface area contributed by atoms with Crippen molar-refractivity contribution in [3.8, 4) is 5.75 Å². The quantitative estimate of drug-likeness (QED) is 0.0699. The molecule has 10 nitrogen and oxygen atoms in total. The number of aliphatic hydroxyl groups is 2. The van der Waals surface area contributed by atoms with E-state index in [4.69, 9.17) is 37.8 Å². The number of aliphatic carboxylic acids is 1. The molecule has 0 radical (unpaired) electrons. The van der Waals surface area contributed by atoms with Gasteiger partial charge in [-0.1, -0.05) is 60.3 Å². The van der Waals surface area contributed by atoms with Crippen LogP contribution in [0.1, 0.15) is 68.2 Å². The average Bonchev–Trinajstić information content (AvgIpc) is 3.01. The van der Waals surface area contributed by atoms with E-state index in [1.807, 2.05) is 24.3 Å². The summed E-state index contributed by atoms with van der Waals surface area (Å²) in [4.78, 5) is 21.4.